The maximum Gasteiger partial charge on any atom is 0.337 e. The molecule has 222 valence electrons. The number of carbonyl (C=O) groups is 4. The predicted octanol–water partition coefficient (Wildman–Crippen LogP) is 2.35. The molecule has 1 heterocycles. The molecule has 2 atom stereocenters. The van der Waals surface area contributed by atoms with Crippen LogP contribution < -0.4 is 30.9 Å². The molecule has 3 aromatic carbocycles. The van der Waals surface area contributed by atoms with Crippen LogP contribution in [0.3, 0.4) is 0 Å². The Bertz CT molecular complexity index is 1490. The highest BCUT2D eigenvalue weighted by molar-refractivity contribution is 6.08. The molecule has 3 aromatic rings. The summed E-state index contributed by atoms with van der Waals surface area (Å²) in [6.07, 6.45) is 0.691. The molecule has 1 aliphatic rings. The number of hydrogen-bond donors (Lipinski definition) is 3. The minimum atomic E-state index is -1.02. The van der Waals surface area contributed by atoms with Crippen LogP contribution in [0.5, 0.6) is 5.75 Å². The third kappa shape index (κ3) is 6.22. The van der Waals surface area contributed by atoms with E-state index in [9.17, 15) is 19.2 Å². The molecule has 0 spiro atoms. The van der Waals surface area contributed by atoms with Crippen LogP contribution in [0.4, 0.5) is 11.4 Å². The van der Waals surface area contributed by atoms with Crippen molar-refractivity contribution in [1.82, 2.24) is 10.6 Å². The fraction of sp³-hybridized carbons (Fsp3) is 0.355. The number of benzene rings is 3. The second kappa shape index (κ2) is 13.5. The molecule has 4 N–H and O–H groups in total. The number of nitrogens with two attached hydrogens (primary N) is 1. The molecule has 0 radical (unpaired) electrons. The molecule has 1 aliphatic heterocycles. The molecular weight excluding hydrogens is 538 g/mol. The molecule has 11 nitrogen and oxygen atoms in total. The lowest BCUT2D eigenvalue weighted by molar-refractivity contribution is -0.128. The maximum absolute atomic E-state index is 14.3. The molecule has 2 unspecified atom stereocenters. The zero-order valence-corrected chi connectivity index (χ0v) is 24.3. The minimum absolute atomic E-state index is 0.0346. The summed E-state index contributed by atoms with van der Waals surface area (Å²) in [5, 5.41) is 7.27. The van der Waals surface area contributed by atoms with Crippen LogP contribution in [0.2, 0.25) is 0 Å². The summed E-state index contributed by atoms with van der Waals surface area (Å²) < 4.78 is 10.6. The van der Waals surface area contributed by atoms with Gasteiger partial charge >= 0.3 is 5.97 Å². The number of esters is 1. The van der Waals surface area contributed by atoms with Crippen molar-refractivity contribution in [3.63, 3.8) is 0 Å². The first-order chi connectivity index (χ1) is 20.2. The number of likely N-dealkylation sites (N-methyl/N-ethyl adjacent to an activating group) is 1. The molecule has 11 heteroatoms. The van der Waals surface area contributed by atoms with Gasteiger partial charge in [0.25, 0.3) is 5.91 Å². The minimum Gasteiger partial charge on any atom is -0.496 e. The quantitative estimate of drug-likeness (QED) is 0.313. The SMILES string of the molecule is CNC(C)C(=O)NC1CN(C(=O)CCCN)c2ccccc2N(Cc2c(OC)ccc3cc(C(=O)OC)ccc23)C1=O. The van der Waals surface area contributed by atoms with Crippen LogP contribution in [0.25, 0.3) is 10.8 Å². The first-order valence-corrected chi connectivity index (χ1v) is 13.8. The summed E-state index contributed by atoms with van der Waals surface area (Å²) in [5.74, 6) is -0.850. The van der Waals surface area contributed by atoms with Crippen molar-refractivity contribution >= 4 is 45.8 Å². The van der Waals surface area contributed by atoms with Gasteiger partial charge in [-0.15, -0.1) is 0 Å². The fourth-order valence-corrected chi connectivity index (χ4v) is 5.04. The zero-order valence-electron chi connectivity index (χ0n) is 24.3. The lowest BCUT2D eigenvalue weighted by Gasteiger charge is -2.27. The van der Waals surface area contributed by atoms with Gasteiger partial charge < -0.3 is 35.6 Å². The van der Waals surface area contributed by atoms with E-state index in [4.69, 9.17) is 15.2 Å². The van der Waals surface area contributed by atoms with E-state index in [1.807, 2.05) is 6.07 Å². The number of carbonyl (C=O) groups excluding carboxylic acids is 4. The fourth-order valence-electron chi connectivity index (χ4n) is 5.04. The van der Waals surface area contributed by atoms with E-state index in [0.29, 0.717) is 41.2 Å². The summed E-state index contributed by atoms with van der Waals surface area (Å²) in [6.45, 7) is 2.08. The van der Waals surface area contributed by atoms with Crippen LogP contribution >= 0.6 is 0 Å². The second-order valence-corrected chi connectivity index (χ2v) is 10.1. The van der Waals surface area contributed by atoms with Crippen molar-refractivity contribution in [2.24, 2.45) is 5.73 Å². The maximum atomic E-state index is 14.3. The van der Waals surface area contributed by atoms with Gasteiger partial charge in [-0.3, -0.25) is 14.4 Å². The first-order valence-electron chi connectivity index (χ1n) is 13.8. The number of nitrogens with zero attached hydrogens (tertiary/aromatic N) is 2. The summed E-state index contributed by atoms with van der Waals surface area (Å²) in [7, 11) is 4.53. The normalized spacial score (nSPS) is 15.5. The number of rotatable bonds is 10. The van der Waals surface area contributed by atoms with Crippen molar-refractivity contribution in [3.8, 4) is 5.75 Å². The second-order valence-electron chi connectivity index (χ2n) is 10.1. The van der Waals surface area contributed by atoms with Gasteiger partial charge in [-0.2, -0.15) is 0 Å². The molecule has 3 amide bonds. The van der Waals surface area contributed by atoms with Gasteiger partial charge in [-0.1, -0.05) is 24.3 Å². The van der Waals surface area contributed by atoms with Gasteiger partial charge in [0, 0.05) is 12.0 Å². The van der Waals surface area contributed by atoms with Crippen LogP contribution in [0.15, 0.2) is 54.6 Å². The summed E-state index contributed by atoms with van der Waals surface area (Å²) in [4.78, 5) is 56.0. The van der Waals surface area contributed by atoms with E-state index in [2.05, 4.69) is 10.6 Å². The predicted molar refractivity (Wildman–Crippen MR) is 161 cm³/mol. The molecule has 0 fully saturated rings. The van der Waals surface area contributed by atoms with E-state index in [0.717, 1.165) is 10.8 Å². The first kappa shape index (κ1) is 30.5. The van der Waals surface area contributed by atoms with Crippen molar-refractivity contribution in [3.05, 3.63) is 65.7 Å². The van der Waals surface area contributed by atoms with Gasteiger partial charge in [0.2, 0.25) is 11.8 Å². The molecule has 0 saturated heterocycles. The van der Waals surface area contributed by atoms with Crippen LogP contribution in [-0.2, 0) is 25.7 Å². The molecular formula is C31H37N5O6. The number of anilines is 2. The zero-order chi connectivity index (χ0) is 30.4. The summed E-state index contributed by atoms with van der Waals surface area (Å²) in [6, 6.07) is 14.4. The number of ether oxygens (including phenoxy) is 2. The molecule has 0 saturated carbocycles. The lowest BCUT2D eigenvalue weighted by Crippen LogP contribution is -2.55. The van der Waals surface area contributed by atoms with Gasteiger partial charge in [-0.05, 0) is 68.0 Å². The third-order valence-corrected chi connectivity index (χ3v) is 7.48. The largest absolute Gasteiger partial charge is 0.496 e. The van der Waals surface area contributed by atoms with Crippen molar-refractivity contribution in [2.45, 2.75) is 38.4 Å². The topological polar surface area (TPSA) is 143 Å². The smallest absolute Gasteiger partial charge is 0.337 e. The van der Waals surface area contributed by atoms with Crippen LogP contribution in [0.1, 0.15) is 35.7 Å². The highest BCUT2D eigenvalue weighted by Crippen LogP contribution is 2.37. The van der Waals surface area contributed by atoms with Crippen molar-refractivity contribution in [2.75, 3.05) is 44.2 Å². The van der Waals surface area contributed by atoms with Gasteiger partial charge in [0.1, 0.15) is 11.8 Å². The number of methoxy groups -OCH3 is 2. The van der Waals surface area contributed by atoms with E-state index < -0.39 is 18.1 Å². The number of para-hydroxylation sites is 2. The van der Waals surface area contributed by atoms with E-state index in [1.165, 1.54) is 7.11 Å². The summed E-state index contributed by atoms with van der Waals surface area (Å²) >= 11 is 0. The molecule has 0 aliphatic carbocycles. The number of fused-ring (bicyclic) bond motifs is 2. The molecule has 0 aromatic heterocycles. The highest BCUT2D eigenvalue weighted by atomic mass is 16.5. The Labute approximate surface area is 244 Å². The summed E-state index contributed by atoms with van der Waals surface area (Å²) in [5.41, 5.74) is 7.84. The number of amides is 3. The van der Waals surface area contributed by atoms with Crippen molar-refractivity contribution < 1.29 is 28.7 Å². The Morgan fingerprint density at radius 2 is 1.81 bits per heavy atom. The Morgan fingerprint density at radius 3 is 2.48 bits per heavy atom. The molecule has 42 heavy (non-hydrogen) atoms. The van der Waals surface area contributed by atoms with Gasteiger partial charge in [0.15, 0.2) is 0 Å². The monoisotopic (exact) mass is 575 g/mol. The van der Waals surface area contributed by atoms with Crippen LogP contribution in [0, 0.1) is 0 Å². The Balaban J connectivity index is 1.85. The highest BCUT2D eigenvalue weighted by Gasteiger charge is 2.37. The lowest BCUT2D eigenvalue weighted by atomic mass is 10.00. The van der Waals surface area contributed by atoms with Gasteiger partial charge in [0.05, 0.1) is 50.3 Å². The van der Waals surface area contributed by atoms with Gasteiger partial charge in [-0.25, -0.2) is 4.79 Å². The Kier molecular flexibility index (Phi) is 9.76. The van der Waals surface area contributed by atoms with Crippen molar-refractivity contribution in [1.29, 1.82) is 0 Å². The Morgan fingerprint density at radius 1 is 1.07 bits per heavy atom. The number of nitrogens with one attached hydrogen (secondary N) is 2. The Hall–Kier alpha value is -4.48. The molecule has 0 bridgehead atoms. The van der Waals surface area contributed by atoms with E-state index in [-0.39, 0.29) is 37.2 Å². The van der Waals surface area contributed by atoms with E-state index >= 15 is 0 Å². The average molecular weight is 576 g/mol. The molecule has 4 rings (SSSR count). The van der Waals surface area contributed by atoms with Crippen LogP contribution in [-0.4, -0.2) is 70.1 Å². The average Bonchev–Trinajstić information content (AvgIpc) is 3.13. The standard InChI is InChI=1S/C31H37N5O6/c1-19(33-2)29(38)34-24-18-35(28(37)10-7-15-32)25-8-5-6-9-26(25)36(30(24)39)17-23-22-13-11-21(31(40)42-4)16-20(22)12-14-27(23)41-3/h5-6,8-9,11-14,16,19,24,33H,7,10,15,17-18,32H2,1-4H3,(H,34,38). The third-order valence-electron chi connectivity index (χ3n) is 7.48. The number of hydrogen-bond acceptors (Lipinski definition) is 8. The van der Waals surface area contributed by atoms with E-state index in [1.54, 1.807) is 79.4 Å².